The smallest absolute Gasteiger partial charge is 0.238 e. The number of methoxy groups -OCH3 is 1. The molecule has 1 aromatic heterocycles. The van der Waals surface area contributed by atoms with Crippen molar-refractivity contribution in [3.8, 4) is 5.88 Å². The van der Waals surface area contributed by atoms with Crippen LogP contribution >= 0.6 is 0 Å². The Labute approximate surface area is 90.2 Å². The van der Waals surface area contributed by atoms with Crippen molar-refractivity contribution < 1.29 is 9.47 Å². The van der Waals surface area contributed by atoms with Crippen LogP contribution in [0.1, 0.15) is 31.2 Å². The molecule has 1 aliphatic carbocycles. The molecule has 0 unspecified atom stereocenters. The predicted molar refractivity (Wildman–Crippen MR) is 56.8 cm³/mol. The van der Waals surface area contributed by atoms with Gasteiger partial charge in [0, 0.05) is 13.2 Å². The zero-order valence-electron chi connectivity index (χ0n) is 9.40. The number of aryl methyl sites for hydroxylation is 1. The van der Waals surface area contributed by atoms with E-state index in [1.165, 1.54) is 25.7 Å². The lowest BCUT2D eigenvalue weighted by atomic mass is 10.3. The molecule has 0 N–H and O–H groups in total. The van der Waals surface area contributed by atoms with E-state index in [-0.39, 0.29) is 0 Å². The van der Waals surface area contributed by atoms with Crippen LogP contribution < -0.4 is 4.74 Å². The van der Waals surface area contributed by atoms with Crippen LogP contribution in [0.15, 0.2) is 6.20 Å². The van der Waals surface area contributed by atoms with E-state index >= 15 is 0 Å². The summed E-state index contributed by atoms with van der Waals surface area (Å²) in [5, 5.41) is 4.19. The molecule has 1 aromatic rings. The normalized spacial score (nSPS) is 17.2. The van der Waals surface area contributed by atoms with Crippen molar-refractivity contribution in [1.29, 1.82) is 0 Å². The SMILES string of the molecule is COc1nn(C)cc1COC1CCCC1. The van der Waals surface area contributed by atoms with Crippen LogP contribution in [0.3, 0.4) is 0 Å². The van der Waals surface area contributed by atoms with Crippen molar-refractivity contribution in [2.24, 2.45) is 7.05 Å². The van der Waals surface area contributed by atoms with E-state index in [2.05, 4.69) is 5.10 Å². The third-order valence-electron chi connectivity index (χ3n) is 2.84. The average Bonchev–Trinajstić information content (AvgIpc) is 2.83. The van der Waals surface area contributed by atoms with E-state index < -0.39 is 0 Å². The summed E-state index contributed by atoms with van der Waals surface area (Å²) in [6, 6.07) is 0. The van der Waals surface area contributed by atoms with Gasteiger partial charge in [-0.3, -0.25) is 4.68 Å². The van der Waals surface area contributed by atoms with Crippen molar-refractivity contribution in [1.82, 2.24) is 9.78 Å². The first-order chi connectivity index (χ1) is 7.29. The minimum Gasteiger partial charge on any atom is -0.480 e. The van der Waals surface area contributed by atoms with Gasteiger partial charge >= 0.3 is 0 Å². The molecule has 15 heavy (non-hydrogen) atoms. The largest absolute Gasteiger partial charge is 0.480 e. The summed E-state index contributed by atoms with van der Waals surface area (Å²) < 4.78 is 12.7. The molecule has 0 spiro atoms. The van der Waals surface area contributed by atoms with E-state index in [4.69, 9.17) is 9.47 Å². The molecule has 0 atom stereocenters. The molecule has 0 saturated heterocycles. The van der Waals surface area contributed by atoms with Crippen molar-refractivity contribution in [2.45, 2.75) is 38.4 Å². The molecule has 0 aliphatic heterocycles. The fraction of sp³-hybridized carbons (Fsp3) is 0.727. The zero-order chi connectivity index (χ0) is 10.7. The van der Waals surface area contributed by atoms with Crippen LogP contribution in [-0.4, -0.2) is 23.0 Å². The van der Waals surface area contributed by atoms with Crippen LogP contribution in [-0.2, 0) is 18.4 Å². The highest BCUT2D eigenvalue weighted by molar-refractivity contribution is 5.22. The van der Waals surface area contributed by atoms with Gasteiger partial charge in [-0.25, -0.2) is 0 Å². The van der Waals surface area contributed by atoms with Crippen molar-refractivity contribution in [3.05, 3.63) is 11.8 Å². The fourth-order valence-corrected chi connectivity index (χ4v) is 2.05. The summed E-state index contributed by atoms with van der Waals surface area (Å²) in [7, 11) is 3.53. The Morgan fingerprint density at radius 1 is 1.47 bits per heavy atom. The molecule has 0 radical (unpaired) electrons. The lowest BCUT2D eigenvalue weighted by molar-refractivity contribution is 0.0446. The van der Waals surface area contributed by atoms with E-state index in [1.54, 1.807) is 11.8 Å². The molecule has 2 rings (SSSR count). The molecule has 1 heterocycles. The quantitative estimate of drug-likeness (QED) is 0.761. The van der Waals surface area contributed by atoms with Gasteiger partial charge in [-0.2, -0.15) is 0 Å². The topological polar surface area (TPSA) is 36.3 Å². The standard InChI is InChI=1S/C11H18N2O2/c1-13-7-9(11(12-13)14-2)8-15-10-5-3-4-6-10/h7,10H,3-6,8H2,1-2H3. The first-order valence-electron chi connectivity index (χ1n) is 5.47. The Balaban J connectivity index is 1.91. The highest BCUT2D eigenvalue weighted by Gasteiger charge is 2.17. The Morgan fingerprint density at radius 2 is 2.20 bits per heavy atom. The Hall–Kier alpha value is -1.03. The van der Waals surface area contributed by atoms with E-state index in [9.17, 15) is 0 Å². The first kappa shape index (κ1) is 10.5. The minimum atomic E-state index is 0.440. The molecule has 0 aromatic carbocycles. The van der Waals surface area contributed by atoms with E-state index in [0.29, 0.717) is 18.6 Å². The molecule has 84 valence electrons. The van der Waals surface area contributed by atoms with Crippen molar-refractivity contribution in [2.75, 3.05) is 7.11 Å². The summed E-state index contributed by atoms with van der Waals surface area (Å²) in [6.07, 6.45) is 7.39. The third kappa shape index (κ3) is 2.50. The fourth-order valence-electron chi connectivity index (χ4n) is 2.05. The maximum Gasteiger partial charge on any atom is 0.238 e. The number of aromatic nitrogens is 2. The van der Waals surface area contributed by atoms with Crippen LogP contribution in [0.5, 0.6) is 5.88 Å². The first-order valence-corrected chi connectivity index (χ1v) is 5.47. The molecule has 1 aliphatic rings. The number of hydrogen-bond acceptors (Lipinski definition) is 3. The number of ether oxygens (including phenoxy) is 2. The monoisotopic (exact) mass is 210 g/mol. The number of nitrogens with zero attached hydrogens (tertiary/aromatic N) is 2. The van der Waals surface area contributed by atoms with Gasteiger partial charge < -0.3 is 9.47 Å². The zero-order valence-corrected chi connectivity index (χ0v) is 9.40. The Kier molecular flexibility index (Phi) is 3.26. The van der Waals surface area contributed by atoms with E-state index in [0.717, 1.165) is 5.56 Å². The molecule has 0 amide bonds. The lowest BCUT2D eigenvalue weighted by Gasteiger charge is -2.10. The second-order valence-electron chi connectivity index (χ2n) is 4.05. The maximum absolute atomic E-state index is 5.81. The van der Waals surface area contributed by atoms with Gasteiger partial charge in [0.05, 0.1) is 25.4 Å². The van der Waals surface area contributed by atoms with E-state index in [1.807, 2.05) is 13.2 Å². The number of rotatable bonds is 4. The van der Waals surface area contributed by atoms with Gasteiger partial charge in [-0.05, 0) is 12.8 Å². The van der Waals surface area contributed by atoms with Gasteiger partial charge in [-0.15, -0.1) is 5.10 Å². The van der Waals surface area contributed by atoms with Gasteiger partial charge in [0.2, 0.25) is 5.88 Å². The third-order valence-corrected chi connectivity index (χ3v) is 2.84. The minimum absolute atomic E-state index is 0.440. The highest BCUT2D eigenvalue weighted by Crippen LogP contribution is 2.23. The Bertz CT molecular complexity index is 316. The van der Waals surface area contributed by atoms with Gasteiger partial charge in [-0.1, -0.05) is 12.8 Å². The molecule has 0 bridgehead atoms. The van der Waals surface area contributed by atoms with Crippen LogP contribution in [0, 0.1) is 0 Å². The number of hydrogen-bond donors (Lipinski definition) is 0. The van der Waals surface area contributed by atoms with Crippen LogP contribution in [0.25, 0.3) is 0 Å². The molecular weight excluding hydrogens is 192 g/mol. The summed E-state index contributed by atoms with van der Waals surface area (Å²) in [6.45, 7) is 0.613. The maximum atomic E-state index is 5.81. The average molecular weight is 210 g/mol. The molecular formula is C11H18N2O2. The second kappa shape index (κ2) is 4.66. The van der Waals surface area contributed by atoms with Gasteiger partial charge in [0.15, 0.2) is 0 Å². The van der Waals surface area contributed by atoms with Gasteiger partial charge in [0.25, 0.3) is 0 Å². The van der Waals surface area contributed by atoms with Crippen LogP contribution in [0.2, 0.25) is 0 Å². The van der Waals surface area contributed by atoms with Gasteiger partial charge in [0.1, 0.15) is 0 Å². The summed E-state index contributed by atoms with van der Waals surface area (Å²) in [4.78, 5) is 0. The highest BCUT2D eigenvalue weighted by atomic mass is 16.5. The summed E-state index contributed by atoms with van der Waals surface area (Å²) in [5.74, 6) is 0.676. The predicted octanol–water partition coefficient (Wildman–Crippen LogP) is 1.89. The second-order valence-corrected chi connectivity index (χ2v) is 4.05. The molecule has 1 saturated carbocycles. The summed E-state index contributed by atoms with van der Waals surface area (Å²) >= 11 is 0. The summed E-state index contributed by atoms with van der Waals surface area (Å²) in [5.41, 5.74) is 1.03. The van der Waals surface area contributed by atoms with Crippen molar-refractivity contribution in [3.63, 3.8) is 0 Å². The Morgan fingerprint density at radius 3 is 2.87 bits per heavy atom. The molecule has 4 heteroatoms. The molecule has 1 fully saturated rings. The van der Waals surface area contributed by atoms with Crippen LogP contribution in [0.4, 0.5) is 0 Å². The lowest BCUT2D eigenvalue weighted by Crippen LogP contribution is -2.07. The van der Waals surface area contributed by atoms with Crippen molar-refractivity contribution >= 4 is 0 Å². The molecule has 4 nitrogen and oxygen atoms in total.